The predicted octanol–water partition coefficient (Wildman–Crippen LogP) is 3.73. The van der Waals surface area contributed by atoms with E-state index >= 15 is 0 Å². The molecule has 8 heteroatoms. The van der Waals surface area contributed by atoms with Crippen molar-refractivity contribution in [3.05, 3.63) is 53.0 Å². The number of hydrogen-bond acceptors (Lipinski definition) is 7. The molecule has 158 valence electrons. The van der Waals surface area contributed by atoms with Gasteiger partial charge in [0.25, 0.3) is 0 Å². The molecule has 3 aromatic rings. The molecule has 0 spiro atoms. The van der Waals surface area contributed by atoms with Gasteiger partial charge in [0.2, 0.25) is 5.91 Å². The number of anilines is 1. The number of ether oxygens (including phenoxy) is 3. The van der Waals surface area contributed by atoms with Crippen molar-refractivity contribution in [2.45, 2.75) is 20.5 Å². The zero-order valence-electron chi connectivity index (χ0n) is 17.2. The van der Waals surface area contributed by atoms with Crippen LogP contribution in [0.3, 0.4) is 0 Å². The van der Waals surface area contributed by atoms with Gasteiger partial charge in [0.1, 0.15) is 30.6 Å². The van der Waals surface area contributed by atoms with Crippen molar-refractivity contribution >= 4 is 39.1 Å². The molecule has 0 saturated heterocycles. The number of hydrogen-bond donors (Lipinski definition) is 0. The normalized spacial score (nSPS) is 10.8. The van der Waals surface area contributed by atoms with Gasteiger partial charge in [-0.05, 0) is 42.8 Å². The average molecular weight is 429 g/mol. The number of esters is 1. The molecule has 0 unspecified atom stereocenters. The van der Waals surface area contributed by atoms with Crippen molar-refractivity contribution in [2.24, 2.45) is 0 Å². The zero-order valence-corrected chi connectivity index (χ0v) is 18.0. The standard InChI is InChI=1S/C22H24N2O5S/c1-15-12-17(29-13-21-23-18-6-4-5-7-20(18)30-21)8-9-19(15)24(16(2)25)10-11-28-22(26)14-27-3/h4-9,12H,10-11,13-14H2,1-3H3. The molecule has 0 N–H and O–H groups in total. The molecule has 0 aliphatic rings. The lowest BCUT2D eigenvalue weighted by Gasteiger charge is -2.23. The topological polar surface area (TPSA) is 78.0 Å². The molecule has 0 aliphatic heterocycles. The molecule has 0 radical (unpaired) electrons. The summed E-state index contributed by atoms with van der Waals surface area (Å²) in [5.41, 5.74) is 2.60. The van der Waals surface area contributed by atoms with E-state index in [1.54, 1.807) is 16.2 Å². The number of carbonyl (C=O) groups excluding carboxylic acids is 2. The van der Waals surface area contributed by atoms with E-state index in [9.17, 15) is 9.59 Å². The van der Waals surface area contributed by atoms with Crippen LogP contribution in [0, 0.1) is 6.92 Å². The summed E-state index contributed by atoms with van der Waals surface area (Å²) in [7, 11) is 1.42. The van der Waals surface area contributed by atoms with Gasteiger partial charge in [-0.25, -0.2) is 9.78 Å². The highest BCUT2D eigenvalue weighted by Gasteiger charge is 2.15. The Morgan fingerprint density at radius 2 is 1.97 bits per heavy atom. The molecule has 0 aliphatic carbocycles. The highest BCUT2D eigenvalue weighted by molar-refractivity contribution is 7.18. The Morgan fingerprint density at radius 3 is 2.67 bits per heavy atom. The molecular formula is C22H24N2O5S. The predicted molar refractivity (Wildman–Crippen MR) is 116 cm³/mol. The lowest BCUT2D eigenvalue weighted by molar-refractivity contribution is -0.147. The number of nitrogens with zero attached hydrogens (tertiary/aromatic N) is 2. The molecule has 0 saturated carbocycles. The summed E-state index contributed by atoms with van der Waals surface area (Å²) in [6.45, 7) is 4.01. The van der Waals surface area contributed by atoms with Gasteiger partial charge >= 0.3 is 5.97 Å². The van der Waals surface area contributed by atoms with Crippen molar-refractivity contribution in [3.8, 4) is 5.75 Å². The van der Waals surface area contributed by atoms with E-state index < -0.39 is 5.97 Å². The molecular weight excluding hydrogens is 404 g/mol. The first-order valence-electron chi connectivity index (χ1n) is 9.48. The van der Waals surface area contributed by atoms with Gasteiger partial charge < -0.3 is 19.1 Å². The summed E-state index contributed by atoms with van der Waals surface area (Å²) < 4.78 is 16.8. The number of carbonyl (C=O) groups is 2. The van der Waals surface area contributed by atoms with Crippen LogP contribution in [0.5, 0.6) is 5.75 Å². The number of thiazole rings is 1. The Bertz CT molecular complexity index is 1000. The van der Waals surface area contributed by atoms with Crippen LogP contribution < -0.4 is 9.64 Å². The number of aryl methyl sites for hydroxylation is 1. The Balaban J connectivity index is 1.63. The van der Waals surface area contributed by atoms with Gasteiger partial charge in [0.15, 0.2) is 0 Å². The molecule has 1 amide bonds. The summed E-state index contributed by atoms with van der Waals surface area (Å²) in [4.78, 5) is 29.7. The summed E-state index contributed by atoms with van der Waals surface area (Å²) in [5.74, 6) is 0.103. The fourth-order valence-electron chi connectivity index (χ4n) is 3.01. The Morgan fingerprint density at radius 1 is 1.17 bits per heavy atom. The number of amides is 1. The summed E-state index contributed by atoms with van der Waals surface area (Å²) in [6, 6.07) is 13.5. The van der Waals surface area contributed by atoms with Gasteiger partial charge in [0.05, 0.1) is 16.8 Å². The van der Waals surface area contributed by atoms with Crippen molar-refractivity contribution in [2.75, 3.05) is 31.8 Å². The van der Waals surface area contributed by atoms with Gasteiger partial charge in [-0.15, -0.1) is 11.3 Å². The van der Waals surface area contributed by atoms with Crippen LogP contribution in [0.15, 0.2) is 42.5 Å². The van der Waals surface area contributed by atoms with E-state index in [0.29, 0.717) is 12.4 Å². The first-order valence-corrected chi connectivity index (χ1v) is 10.3. The Labute approximate surface area is 179 Å². The van der Waals surface area contributed by atoms with E-state index in [4.69, 9.17) is 14.2 Å². The second-order valence-corrected chi connectivity index (χ2v) is 7.75. The molecule has 30 heavy (non-hydrogen) atoms. The summed E-state index contributed by atoms with van der Waals surface area (Å²) in [5, 5.41) is 0.904. The van der Waals surface area contributed by atoms with E-state index in [-0.39, 0.29) is 25.7 Å². The third-order valence-corrected chi connectivity index (χ3v) is 5.39. The quantitative estimate of drug-likeness (QED) is 0.484. The van der Waals surface area contributed by atoms with Crippen LogP contribution in [-0.4, -0.2) is 43.7 Å². The van der Waals surface area contributed by atoms with Crippen LogP contribution in [0.2, 0.25) is 0 Å². The monoisotopic (exact) mass is 428 g/mol. The second-order valence-electron chi connectivity index (χ2n) is 6.64. The minimum atomic E-state index is -0.462. The fraction of sp³-hybridized carbons (Fsp3) is 0.318. The Kier molecular flexibility index (Phi) is 7.37. The summed E-state index contributed by atoms with van der Waals surface area (Å²) in [6.07, 6.45) is 0. The van der Waals surface area contributed by atoms with Crippen LogP contribution in [0.1, 0.15) is 17.5 Å². The maximum absolute atomic E-state index is 12.1. The largest absolute Gasteiger partial charge is 0.486 e. The molecule has 3 rings (SSSR count). The third-order valence-electron chi connectivity index (χ3n) is 4.38. The molecule has 0 bridgehead atoms. The fourth-order valence-corrected chi connectivity index (χ4v) is 3.89. The van der Waals surface area contributed by atoms with Crippen molar-refractivity contribution in [1.29, 1.82) is 0 Å². The molecule has 7 nitrogen and oxygen atoms in total. The minimum Gasteiger partial charge on any atom is -0.486 e. The van der Waals surface area contributed by atoms with Gasteiger partial charge in [-0.1, -0.05) is 12.1 Å². The van der Waals surface area contributed by atoms with E-state index in [1.165, 1.54) is 14.0 Å². The van der Waals surface area contributed by atoms with Crippen molar-refractivity contribution < 1.29 is 23.8 Å². The van der Waals surface area contributed by atoms with Crippen LogP contribution in [0.4, 0.5) is 5.69 Å². The second kappa shape index (κ2) is 10.2. The van der Waals surface area contributed by atoms with E-state index in [2.05, 4.69) is 4.98 Å². The zero-order chi connectivity index (χ0) is 21.5. The first-order chi connectivity index (χ1) is 14.5. The van der Waals surface area contributed by atoms with Crippen LogP contribution in [-0.2, 0) is 25.7 Å². The molecule has 0 fully saturated rings. The molecule has 1 heterocycles. The number of rotatable bonds is 9. The third kappa shape index (κ3) is 5.55. The van der Waals surface area contributed by atoms with Crippen LogP contribution in [0.25, 0.3) is 10.2 Å². The SMILES string of the molecule is COCC(=O)OCCN(C(C)=O)c1ccc(OCc2nc3ccccc3s2)cc1C. The highest BCUT2D eigenvalue weighted by atomic mass is 32.1. The lowest BCUT2D eigenvalue weighted by Crippen LogP contribution is -2.33. The number of benzene rings is 2. The minimum absolute atomic E-state index is 0.0943. The maximum atomic E-state index is 12.1. The molecule has 2 aromatic carbocycles. The number of methoxy groups -OCH3 is 1. The van der Waals surface area contributed by atoms with Crippen LogP contribution >= 0.6 is 11.3 Å². The maximum Gasteiger partial charge on any atom is 0.332 e. The lowest BCUT2D eigenvalue weighted by atomic mass is 10.1. The highest BCUT2D eigenvalue weighted by Crippen LogP contribution is 2.27. The van der Waals surface area contributed by atoms with E-state index in [0.717, 1.165) is 26.5 Å². The number of aromatic nitrogens is 1. The van der Waals surface area contributed by atoms with Gasteiger partial charge in [0, 0.05) is 19.7 Å². The van der Waals surface area contributed by atoms with E-state index in [1.807, 2.05) is 49.4 Å². The number of para-hydroxylation sites is 1. The Hall–Kier alpha value is -2.97. The van der Waals surface area contributed by atoms with Crippen molar-refractivity contribution in [1.82, 2.24) is 4.98 Å². The van der Waals surface area contributed by atoms with Gasteiger partial charge in [-0.3, -0.25) is 4.79 Å². The molecule has 1 aromatic heterocycles. The average Bonchev–Trinajstić information content (AvgIpc) is 3.13. The first kappa shape index (κ1) is 21.7. The smallest absolute Gasteiger partial charge is 0.332 e. The van der Waals surface area contributed by atoms with Gasteiger partial charge in [-0.2, -0.15) is 0 Å². The number of fused-ring (bicyclic) bond motifs is 1. The molecule has 0 atom stereocenters. The van der Waals surface area contributed by atoms with Crippen molar-refractivity contribution in [3.63, 3.8) is 0 Å². The summed E-state index contributed by atoms with van der Waals surface area (Å²) >= 11 is 1.61.